The van der Waals surface area contributed by atoms with Gasteiger partial charge in [0.05, 0.1) is 12.8 Å². The summed E-state index contributed by atoms with van der Waals surface area (Å²) in [5.41, 5.74) is 0. The lowest BCUT2D eigenvalue weighted by atomic mass is 10.4. The minimum Gasteiger partial charge on any atom is -0.314 e. The molecule has 0 saturated carbocycles. The van der Waals surface area contributed by atoms with Crippen LogP contribution in [0.4, 0.5) is 17.6 Å². The van der Waals surface area contributed by atoms with Gasteiger partial charge in [0, 0.05) is 0 Å². The fourth-order valence-electron chi connectivity index (χ4n) is 0.620. The normalized spacial score (nSPS) is 17.6. The second-order valence-electron chi connectivity index (χ2n) is 2.59. The highest BCUT2D eigenvalue weighted by Crippen LogP contribution is 2.33. The fourth-order valence-corrected chi connectivity index (χ4v) is 1.11. The summed E-state index contributed by atoms with van der Waals surface area (Å²) in [6.07, 6.45) is -7.12. The van der Waals surface area contributed by atoms with Crippen LogP contribution in [0.25, 0.3) is 0 Å². The summed E-state index contributed by atoms with van der Waals surface area (Å²) in [6, 6.07) is 0. The second kappa shape index (κ2) is 5.96. The Kier molecular flexibility index (Phi) is 6.29. The molecule has 2 atom stereocenters. The van der Waals surface area contributed by atoms with Crippen LogP contribution in [-0.4, -0.2) is 21.9 Å². The third-order valence-electron chi connectivity index (χ3n) is 1.08. The molecule has 0 N–H and O–H groups in total. The molecule has 0 spiro atoms. The summed E-state index contributed by atoms with van der Waals surface area (Å²) in [5.74, 6) is 0. The van der Waals surface area contributed by atoms with Crippen LogP contribution in [0.1, 0.15) is 12.8 Å². The summed E-state index contributed by atoms with van der Waals surface area (Å²) in [6.45, 7) is 0. The van der Waals surface area contributed by atoms with Gasteiger partial charge in [-0.25, -0.2) is 17.6 Å². The van der Waals surface area contributed by atoms with Crippen molar-refractivity contribution in [2.45, 2.75) is 34.7 Å². The molecule has 0 saturated heterocycles. The number of hydrogen-bond donors (Lipinski definition) is 0. The maximum absolute atomic E-state index is 12.6. The Hall–Kier alpha value is 0.840. The molecule has 0 aliphatic heterocycles. The lowest BCUT2D eigenvalue weighted by Gasteiger charge is -2.18. The van der Waals surface area contributed by atoms with E-state index in [0.717, 1.165) is 0 Å². The highest BCUT2D eigenvalue weighted by atomic mass is 35.5. The van der Waals surface area contributed by atoms with Crippen LogP contribution < -0.4 is 0 Å². The molecule has 0 aromatic rings. The van der Waals surface area contributed by atoms with Gasteiger partial charge in [-0.15, -0.1) is 0 Å². The van der Waals surface area contributed by atoms with Crippen LogP contribution >= 0.6 is 46.4 Å². The van der Waals surface area contributed by atoms with E-state index in [0.29, 0.717) is 0 Å². The molecule has 0 aliphatic carbocycles. The summed E-state index contributed by atoms with van der Waals surface area (Å²) >= 11 is 19.1. The van der Waals surface area contributed by atoms with Gasteiger partial charge in [-0.1, -0.05) is 46.4 Å². The Morgan fingerprint density at radius 2 is 1.13 bits per heavy atom. The van der Waals surface area contributed by atoms with Gasteiger partial charge in [-0.3, -0.25) is 0 Å². The van der Waals surface area contributed by atoms with E-state index >= 15 is 0 Å². The van der Waals surface area contributed by atoms with Gasteiger partial charge >= 0.3 is 0 Å². The minimum atomic E-state index is -2.89. The molecule has 0 rings (SSSR count). The lowest BCUT2D eigenvalue weighted by molar-refractivity contribution is -0.152. The average molecular weight is 312 g/mol. The molecule has 0 bridgehead atoms. The van der Waals surface area contributed by atoms with Crippen LogP contribution in [0.2, 0.25) is 0 Å². The third-order valence-corrected chi connectivity index (χ3v) is 1.70. The molecule has 2 unspecified atom stereocenters. The Labute approximate surface area is 104 Å². The second-order valence-corrected chi connectivity index (χ2v) is 5.38. The van der Waals surface area contributed by atoms with E-state index in [-0.39, 0.29) is 0 Å². The minimum absolute atomic E-state index is 1.12. The molecule has 0 aromatic carbocycles. The standard InChI is InChI=1S/C6H6Cl4F4O/c7-5(8,13)1-3(11)15-4(12)2-6(9,10)14/h3-4H,1-2H2. The van der Waals surface area contributed by atoms with Crippen LogP contribution in [0, 0.1) is 0 Å². The van der Waals surface area contributed by atoms with E-state index in [1.807, 2.05) is 0 Å². The first kappa shape index (κ1) is 15.8. The Balaban J connectivity index is 3.92. The van der Waals surface area contributed by atoms with Crippen molar-refractivity contribution in [1.82, 2.24) is 0 Å². The van der Waals surface area contributed by atoms with E-state index in [1.54, 1.807) is 0 Å². The smallest absolute Gasteiger partial charge is 0.262 e. The average Bonchev–Trinajstić information content (AvgIpc) is 1.73. The zero-order valence-corrected chi connectivity index (χ0v) is 10.0. The summed E-state index contributed by atoms with van der Waals surface area (Å²) in [4.78, 5) is 0. The molecule has 0 fully saturated rings. The van der Waals surface area contributed by atoms with Crippen LogP contribution in [0.3, 0.4) is 0 Å². The molecule has 0 aromatic heterocycles. The van der Waals surface area contributed by atoms with E-state index < -0.39 is 34.7 Å². The van der Waals surface area contributed by atoms with Gasteiger partial charge < -0.3 is 4.74 Å². The summed E-state index contributed by atoms with van der Waals surface area (Å²) in [7, 11) is 0. The molecule has 0 amide bonds. The van der Waals surface area contributed by atoms with Gasteiger partial charge in [0.1, 0.15) is 0 Å². The molecular formula is C6H6Cl4F4O. The fraction of sp³-hybridized carbons (Fsp3) is 1.00. The van der Waals surface area contributed by atoms with Gasteiger partial charge in [0.2, 0.25) is 12.7 Å². The lowest BCUT2D eigenvalue weighted by Crippen LogP contribution is -2.24. The zero-order chi connectivity index (χ0) is 12.3. The van der Waals surface area contributed by atoms with E-state index in [1.165, 1.54) is 0 Å². The van der Waals surface area contributed by atoms with Gasteiger partial charge in [0.25, 0.3) is 9.17 Å². The molecule has 1 nitrogen and oxygen atoms in total. The Morgan fingerprint density at radius 3 is 1.33 bits per heavy atom. The van der Waals surface area contributed by atoms with Crippen molar-refractivity contribution in [3.05, 3.63) is 0 Å². The summed E-state index contributed by atoms with van der Waals surface area (Å²) in [5, 5.41) is 0. The van der Waals surface area contributed by atoms with Crippen molar-refractivity contribution in [2.75, 3.05) is 0 Å². The first-order valence-electron chi connectivity index (χ1n) is 3.57. The SMILES string of the molecule is FC(CC(F)(Cl)Cl)OC(F)CC(F)(Cl)Cl. The van der Waals surface area contributed by atoms with Gasteiger partial charge in [0.15, 0.2) is 0 Å². The van der Waals surface area contributed by atoms with Crippen molar-refractivity contribution < 1.29 is 22.3 Å². The largest absolute Gasteiger partial charge is 0.314 e. The maximum Gasteiger partial charge on any atom is 0.262 e. The maximum atomic E-state index is 12.6. The van der Waals surface area contributed by atoms with Crippen molar-refractivity contribution >= 4 is 46.4 Å². The van der Waals surface area contributed by atoms with Crippen LogP contribution in [0.5, 0.6) is 0 Å². The first-order valence-corrected chi connectivity index (χ1v) is 5.08. The molecule has 0 radical (unpaired) electrons. The van der Waals surface area contributed by atoms with E-state index in [4.69, 9.17) is 46.4 Å². The Morgan fingerprint density at radius 1 is 0.867 bits per heavy atom. The molecule has 0 heterocycles. The van der Waals surface area contributed by atoms with Crippen LogP contribution in [-0.2, 0) is 4.74 Å². The molecular weight excluding hydrogens is 306 g/mol. The Bertz CT molecular complexity index is 173. The highest BCUT2D eigenvalue weighted by molar-refractivity contribution is 6.47. The quantitative estimate of drug-likeness (QED) is 0.515. The molecule has 15 heavy (non-hydrogen) atoms. The predicted molar refractivity (Wildman–Crippen MR) is 51.2 cm³/mol. The van der Waals surface area contributed by atoms with Crippen molar-refractivity contribution in [2.24, 2.45) is 0 Å². The van der Waals surface area contributed by atoms with E-state index in [9.17, 15) is 17.6 Å². The number of hydrogen-bond acceptors (Lipinski definition) is 1. The number of ether oxygens (including phenoxy) is 1. The van der Waals surface area contributed by atoms with Crippen molar-refractivity contribution in [3.8, 4) is 0 Å². The number of halogens is 8. The molecule has 0 aliphatic rings. The topological polar surface area (TPSA) is 9.23 Å². The first-order chi connectivity index (χ1) is 6.49. The van der Waals surface area contributed by atoms with Crippen LogP contribution in [0.15, 0.2) is 0 Å². The van der Waals surface area contributed by atoms with Gasteiger partial charge in [-0.2, -0.15) is 0 Å². The highest BCUT2D eigenvalue weighted by Gasteiger charge is 2.33. The zero-order valence-electron chi connectivity index (χ0n) is 7.00. The molecule has 9 heteroatoms. The number of rotatable bonds is 6. The summed E-state index contributed by atoms with van der Waals surface area (Å²) < 4.78 is 48.1. The van der Waals surface area contributed by atoms with E-state index in [2.05, 4.69) is 4.74 Å². The van der Waals surface area contributed by atoms with Crippen molar-refractivity contribution in [3.63, 3.8) is 0 Å². The monoisotopic (exact) mass is 310 g/mol. The van der Waals surface area contributed by atoms with Crippen molar-refractivity contribution in [1.29, 1.82) is 0 Å². The number of alkyl halides is 8. The molecule has 92 valence electrons. The third kappa shape index (κ3) is 11.1. The van der Waals surface area contributed by atoms with Gasteiger partial charge in [-0.05, 0) is 0 Å². The predicted octanol–water partition coefficient (Wildman–Crippen LogP) is 4.58.